The second kappa shape index (κ2) is 14.9. The van der Waals surface area contributed by atoms with E-state index >= 15 is 0 Å². The normalized spacial score (nSPS) is 17.0. The molecule has 0 spiro atoms. The number of carbonyl (C=O) groups excluding carboxylic acids is 2. The van der Waals surface area contributed by atoms with Gasteiger partial charge in [-0.3, -0.25) is 4.79 Å². The number of halogens is 1. The number of ether oxygens (including phenoxy) is 3. The number of hydrogen-bond acceptors (Lipinski definition) is 6. The molecule has 1 fully saturated rings. The molecule has 0 saturated carbocycles. The Bertz CT molecular complexity index is 1030. The highest BCUT2D eigenvalue weighted by Crippen LogP contribution is 2.31. The molecule has 8 nitrogen and oxygen atoms in total. The molecule has 37 heavy (non-hydrogen) atoms. The highest BCUT2D eigenvalue weighted by molar-refractivity contribution is 6.30. The van der Waals surface area contributed by atoms with Crippen LogP contribution in [0, 0.1) is 12.8 Å². The van der Waals surface area contributed by atoms with Gasteiger partial charge < -0.3 is 30.2 Å². The van der Waals surface area contributed by atoms with E-state index in [2.05, 4.69) is 20.7 Å². The Morgan fingerprint density at radius 1 is 1.19 bits per heavy atom. The summed E-state index contributed by atoms with van der Waals surface area (Å²) < 4.78 is 16.4. The van der Waals surface area contributed by atoms with Crippen LogP contribution in [0.3, 0.4) is 0 Å². The first-order chi connectivity index (χ1) is 17.9. The van der Waals surface area contributed by atoms with E-state index in [1.54, 1.807) is 6.07 Å². The highest BCUT2D eigenvalue weighted by atomic mass is 35.5. The number of carbonyl (C=O) groups is 2. The van der Waals surface area contributed by atoms with Gasteiger partial charge in [0, 0.05) is 42.9 Å². The monoisotopic (exact) mass is 531 g/mol. The van der Waals surface area contributed by atoms with Gasteiger partial charge in [0.05, 0.1) is 13.7 Å². The molecule has 1 saturated heterocycles. The summed E-state index contributed by atoms with van der Waals surface area (Å²) in [6.45, 7) is 4.66. The van der Waals surface area contributed by atoms with Gasteiger partial charge in [0.2, 0.25) is 0 Å². The van der Waals surface area contributed by atoms with E-state index in [-0.39, 0.29) is 25.1 Å². The number of likely N-dealkylation sites (N-methyl/N-ethyl adjacent to an activating group) is 1. The minimum Gasteiger partial charge on any atom is -0.453 e. The lowest BCUT2D eigenvalue weighted by Crippen LogP contribution is -2.41. The Morgan fingerprint density at radius 2 is 2.03 bits per heavy atom. The Balaban J connectivity index is 1.72. The highest BCUT2D eigenvalue weighted by Gasteiger charge is 2.22. The fraction of sp³-hybridized carbons (Fsp3) is 0.500. The quantitative estimate of drug-likeness (QED) is 0.354. The molecule has 0 aliphatic carbocycles. The van der Waals surface area contributed by atoms with Gasteiger partial charge in [0.1, 0.15) is 6.10 Å². The largest absolute Gasteiger partial charge is 0.453 e. The molecule has 9 heteroatoms. The van der Waals surface area contributed by atoms with E-state index in [1.807, 2.05) is 50.4 Å². The molecule has 0 radical (unpaired) electrons. The standard InChI is InChI=1S/C28H38ClN3O5/c1-19-9-10-22(27(33)32-17-24(30-2)14-20-6-5-12-36-18-20)16-25(19)26(21-7-4-8-23(29)15-21)37-13-11-31-28(34)35-3/h4,7-10,15-16,20,24,26,30H,5-6,11-14,17-18H2,1-3H3,(H,31,34)(H,32,33)/t20-,24+,26?/m1/s1. The molecular formula is C28H38ClN3O5. The van der Waals surface area contributed by atoms with Crippen molar-refractivity contribution in [1.29, 1.82) is 0 Å². The van der Waals surface area contributed by atoms with Crippen molar-refractivity contribution in [2.45, 2.75) is 38.3 Å². The van der Waals surface area contributed by atoms with Crippen LogP contribution >= 0.6 is 11.6 Å². The van der Waals surface area contributed by atoms with Crippen molar-refractivity contribution in [3.63, 3.8) is 0 Å². The van der Waals surface area contributed by atoms with Crippen LogP contribution in [0.2, 0.25) is 5.02 Å². The van der Waals surface area contributed by atoms with Crippen LogP contribution in [0.5, 0.6) is 0 Å². The third-order valence-corrected chi connectivity index (χ3v) is 6.84. The molecule has 2 aromatic rings. The van der Waals surface area contributed by atoms with Gasteiger partial charge in [0.15, 0.2) is 0 Å². The lowest BCUT2D eigenvalue weighted by Gasteiger charge is -2.26. The number of hydrogen-bond donors (Lipinski definition) is 3. The molecular weight excluding hydrogens is 494 g/mol. The predicted octanol–water partition coefficient (Wildman–Crippen LogP) is 4.24. The zero-order valence-electron chi connectivity index (χ0n) is 21.8. The van der Waals surface area contributed by atoms with Crippen LogP contribution in [0.1, 0.15) is 52.4 Å². The van der Waals surface area contributed by atoms with Gasteiger partial charge in [0.25, 0.3) is 5.91 Å². The summed E-state index contributed by atoms with van der Waals surface area (Å²) in [6.07, 6.45) is 2.22. The molecule has 0 bridgehead atoms. The van der Waals surface area contributed by atoms with Crippen molar-refractivity contribution in [3.05, 3.63) is 69.7 Å². The van der Waals surface area contributed by atoms with Gasteiger partial charge in [-0.15, -0.1) is 0 Å². The summed E-state index contributed by atoms with van der Waals surface area (Å²) in [5, 5.41) is 9.61. The van der Waals surface area contributed by atoms with Crippen LogP contribution in [0.4, 0.5) is 4.79 Å². The molecule has 1 aliphatic rings. The van der Waals surface area contributed by atoms with Crippen molar-refractivity contribution in [1.82, 2.24) is 16.0 Å². The second-order valence-electron chi connectivity index (χ2n) is 9.31. The summed E-state index contributed by atoms with van der Waals surface area (Å²) in [5.41, 5.74) is 3.25. The zero-order chi connectivity index (χ0) is 26.6. The van der Waals surface area contributed by atoms with Crippen LogP contribution in [-0.2, 0) is 14.2 Å². The van der Waals surface area contributed by atoms with E-state index in [9.17, 15) is 9.59 Å². The Labute approximate surface area is 224 Å². The van der Waals surface area contributed by atoms with Crippen LogP contribution in [0.15, 0.2) is 42.5 Å². The second-order valence-corrected chi connectivity index (χ2v) is 9.75. The summed E-state index contributed by atoms with van der Waals surface area (Å²) in [5.74, 6) is 0.372. The molecule has 3 atom stereocenters. The van der Waals surface area contributed by atoms with E-state index in [1.165, 1.54) is 7.11 Å². The van der Waals surface area contributed by atoms with Gasteiger partial charge >= 0.3 is 6.09 Å². The first-order valence-electron chi connectivity index (χ1n) is 12.7. The first kappa shape index (κ1) is 28.9. The minimum atomic E-state index is -0.520. The number of aryl methyl sites for hydroxylation is 1. The Morgan fingerprint density at radius 3 is 2.73 bits per heavy atom. The molecule has 2 aromatic carbocycles. The minimum absolute atomic E-state index is 0.140. The maximum atomic E-state index is 13.1. The van der Waals surface area contributed by atoms with Gasteiger partial charge in [-0.1, -0.05) is 29.8 Å². The third-order valence-electron chi connectivity index (χ3n) is 6.61. The smallest absolute Gasteiger partial charge is 0.406 e. The van der Waals surface area contributed by atoms with E-state index < -0.39 is 12.2 Å². The first-order valence-corrected chi connectivity index (χ1v) is 13.1. The molecule has 3 N–H and O–H groups in total. The van der Waals surface area contributed by atoms with Crippen molar-refractivity contribution in [2.24, 2.45) is 5.92 Å². The average Bonchev–Trinajstić information content (AvgIpc) is 2.91. The van der Waals surface area contributed by atoms with E-state index in [0.29, 0.717) is 23.0 Å². The van der Waals surface area contributed by atoms with Crippen molar-refractivity contribution in [2.75, 3.05) is 47.1 Å². The molecule has 0 aromatic heterocycles. The summed E-state index contributed by atoms with van der Waals surface area (Å²) in [7, 11) is 3.24. The molecule has 1 heterocycles. The average molecular weight is 532 g/mol. The lowest BCUT2D eigenvalue weighted by atomic mass is 9.94. The molecule has 2 amide bonds. The van der Waals surface area contributed by atoms with Gasteiger partial charge in [-0.25, -0.2) is 4.79 Å². The number of benzene rings is 2. The molecule has 1 unspecified atom stereocenters. The fourth-order valence-corrected chi connectivity index (χ4v) is 4.72. The van der Waals surface area contributed by atoms with E-state index in [4.69, 9.17) is 21.1 Å². The van der Waals surface area contributed by atoms with Crippen molar-refractivity contribution < 1.29 is 23.8 Å². The maximum Gasteiger partial charge on any atom is 0.406 e. The van der Waals surface area contributed by atoms with Crippen molar-refractivity contribution >= 4 is 23.6 Å². The zero-order valence-corrected chi connectivity index (χ0v) is 22.6. The summed E-state index contributed by atoms with van der Waals surface area (Å²) in [6, 6.07) is 13.2. The Kier molecular flexibility index (Phi) is 11.7. The SMILES string of the molecule is CN[C@H](CNC(=O)c1ccc(C)c(C(OCCNC(=O)OC)c2cccc(Cl)c2)c1)C[C@H]1CCCOC1. The van der Waals surface area contributed by atoms with Gasteiger partial charge in [-0.2, -0.15) is 0 Å². The molecule has 3 rings (SSSR count). The number of rotatable bonds is 12. The fourth-order valence-electron chi connectivity index (χ4n) is 4.52. The maximum absolute atomic E-state index is 13.1. The number of alkyl carbamates (subject to hydrolysis) is 1. The lowest BCUT2D eigenvalue weighted by molar-refractivity contribution is 0.0478. The van der Waals surface area contributed by atoms with E-state index in [0.717, 1.165) is 49.2 Å². The topological polar surface area (TPSA) is 97.9 Å². The molecule has 202 valence electrons. The van der Waals surface area contributed by atoms with Crippen LogP contribution in [0.25, 0.3) is 0 Å². The molecule has 1 aliphatic heterocycles. The number of amides is 2. The van der Waals surface area contributed by atoms with Crippen molar-refractivity contribution in [3.8, 4) is 0 Å². The predicted molar refractivity (Wildman–Crippen MR) is 144 cm³/mol. The van der Waals surface area contributed by atoms with Crippen LogP contribution in [-0.4, -0.2) is 65.1 Å². The Hall–Kier alpha value is -2.65. The number of methoxy groups -OCH3 is 1. The van der Waals surface area contributed by atoms with Crippen LogP contribution < -0.4 is 16.0 Å². The van der Waals surface area contributed by atoms with Gasteiger partial charge in [-0.05, 0) is 80.1 Å². The third kappa shape index (κ3) is 9.00. The number of nitrogens with one attached hydrogen (secondary N) is 3. The summed E-state index contributed by atoms with van der Waals surface area (Å²) >= 11 is 6.27. The summed E-state index contributed by atoms with van der Waals surface area (Å²) in [4.78, 5) is 24.5.